The van der Waals surface area contributed by atoms with Crippen molar-refractivity contribution in [3.63, 3.8) is 0 Å². The summed E-state index contributed by atoms with van der Waals surface area (Å²) in [4.78, 5) is 14.8. The van der Waals surface area contributed by atoms with E-state index in [0.29, 0.717) is 17.7 Å². The van der Waals surface area contributed by atoms with E-state index < -0.39 is 0 Å². The van der Waals surface area contributed by atoms with E-state index in [9.17, 15) is 4.79 Å². The van der Waals surface area contributed by atoms with Gasteiger partial charge in [0.2, 0.25) is 11.8 Å². The molecule has 0 saturated carbocycles. The summed E-state index contributed by atoms with van der Waals surface area (Å²) in [5.74, 6) is 0.718. The predicted octanol–water partition coefficient (Wildman–Crippen LogP) is 5.42. The van der Waals surface area contributed by atoms with Gasteiger partial charge >= 0.3 is 0 Å². The van der Waals surface area contributed by atoms with Crippen molar-refractivity contribution in [2.24, 2.45) is 0 Å². The van der Waals surface area contributed by atoms with Crippen LogP contribution in [0.2, 0.25) is 0 Å². The van der Waals surface area contributed by atoms with E-state index >= 15 is 0 Å². The Morgan fingerprint density at radius 1 is 1.07 bits per heavy atom. The lowest BCUT2D eigenvalue weighted by molar-refractivity contribution is -0.133. The van der Waals surface area contributed by atoms with E-state index in [2.05, 4.69) is 26.1 Å². The maximum atomic E-state index is 12.9. The number of thioether (sulfide) groups is 1. The molecule has 0 fully saturated rings. The average Bonchev–Trinajstić information content (AvgIpc) is 3.14. The van der Waals surface area contributed by atoms with E-state index in [1.165, 1.54) is 11.8 Å². The molecule has 0 atom stereocenters. The SMILES string of the molecule is CC(C)(C)N(Cc1ccccc1)C(=O)CSc1nnc(-c2ccc(Br)cc2)o1. The van der Waals surface area contributed by atoms with Gasteiger partial charge in [0.15, 0.2) is 0 Å². The highest BCUT2D eigenvalue weighted by molar-refractivity contribution is 9.10. The number of aromatic nitrogens is 2. The topological polar surface area (TPSA) is 59.2 Å². The molecule has 3 rings (SSSR count). The summed E-state index contributed by atoms with van der Waals surface area (Å²) in [5.41, 5.74) is 1.66. The lowest BCUT2D eigenvalue weighted by Crippen LogP contribution is -2.45. The van der Waals surface area contributed by atoms with Gasteiger partial charge in [-0.25, -0.2) is 0 Å². The van der Waals surface area contributed by atoms with Gasteiger partial charge in [0.25, 0.3) is 5.22 Å². The Labute approximate surface area is 177 Å². The minimum absolute atomic E-state index is 0.0322. The van der Waals surface area contributed by atoms with Crippen LogP contribution >= 0.6 is 27.7 Å². The van der Waals surface area contributed by atoms with Gasteiger partial charge in [-0.3, -0.25) is 4.79 Å². The molecule has 0 saturated heterocycles. The number of carbonyl (C=O) groups is 1. The first-order chi connectivity index (χ1) is 13.3. The fourth-order valence-electron chi connectivity index (χ4n) is 2.64. The molecule has 0 spiro atoms. The smallest absolute Gasteiger partial charge is 0.277 e. The Balaban J connectivity index is 1.65. The van der Waals surface area contributed by atoms with Gasteiger partial charge in [0.05, 0.1) is 5.75 Å². The van der Waals surface area contributed by atoms with Crippen molar-refractivity contribution in [2.75, 3.05) is 5.75 Å². The van der Waals surface area contributed by atoms with E-state index in [-0.39, 0.29) is 17.2 Å². The van der Waals surface area contributed by atoms with Crippen molar-refractivity contribution in [1.29, 1.82) is 0 Å². The molecule has 146 valence electrons. The Hall–Kier alpha value is -2.12. The van der Waals surface area contributed by atoms with Gasteiger partial charge in [0, 0.05) is 22.1 Å². The van der Waals surface area contributed by atoms with Crippen molar-refractivity contribution in [3.05, 3.63) is 64.6 Å². The largest absolute Gasteiger partial charge is 0.411 e. The number of rotatable bonds is 6. The quantitative estimate of drug-likeness (QED) is 0.460. The Morgan fingerprint density at radius 3 is 2.39 bits per heavy atom. The number of hydrogen-bond donors (Lipinski definition) is 0. The Morgan fingerprint density at radius 2 is 1.75 bits per heavy atom. The van der Waals surface area contributed by atoms with Crippen LogP contribution in [0.4, 0.5) is 0 Å². The molecule has 5 nitrogen and oxygen atoms in total. The molecule has 1 heterocycles. The van der Waals surface area contributed by atoms with Crippen molar-refractivity contribution in [1.82, 2.24) is 15.1 Å². The molecule has 0 aliphatic heterocycles. The van der Waals surface area contributed by atoms with E-state index in [1.54, 1.807) is 0 Å². The summed E-state index contributed by atoms with van der Waals surface area (Å²) in [5, 5.41) is 8.52. The predicted molar refractivity (Wildman–Crippen MR) is 115 cm³/mol. The van der Waals surface area contributed by atoms with Gasteiger partial charge in [0.1, 0.15) is 0 Å². The molecule has 3 aromatic rings. The second-order valence-corrected chi connectivity index (χ2v) is 9.15. The Kier molecular flexibility index (Phi) is 6.57. The van der Waals surface area contributed by atoms with Gasteiger partial charge in [-0.05, 0) is 50.6 Å². The maximum absolute atomic E-state index is 12.9. The zero-order valence-corrected chi connectivity index (χ0v) is 18.5. The highest BCUT2D eigenvalue weighted by atomic mass is 79.9. The summed E-state index contributed by atoms with van der Waals surface area (Å²) in [6.45, 7) is 6.68. The van der Waals surface area contributed by atoms with Crippen LogP contribution in [0.1, 0.15) is 26.3 Å². The fraction of sp³-hybridized carbons (Fsp3) is 0.286. The van der Waals surface area contributed by atoms with Crippen LogP contribution in [0.5, 0.6) is 0 Å². The van der Waals surface area contributed by atoms with Crippen LogP contribution in [0.25, 0.3) is 11.5 Å². The molecule has 1 aromatic heterocycles. The maximum Gasteiger partial charge on any atom is 0.277 e. The standard InChI is InChI=1S/C21H22BrN3O2S/c1-21(2,3)25(13-15-7-5-4-6-8-15)18(26)14-28-20-24-23-19(27-20)16-9-11-17(22)12-10-16/h4-12H,13-14H2,1-3H3. The third kappa shape index (κ3) is 5.45. The van der Waals surface area contributed by atoms with Gasteiger partial charge in [-0.15, -0.1) is 10.2 Å². The van der Waals surface area contributed by atoms with Crippen LogP contribution in [0.3, 0.4) is 0 Å². The first-order valence-corrected chi connectivity index (χ1v) is 10.7. The van der Waals surface area contributed by atoms with Crippen molar-refractivity contribution in [2.45, 2.75) is 38.1 Å². The van der Waals surface area contributed by atoms with Crippen LogP contribution in [-0.4, -0.2) is 32.3 Å². The summed E-state index contributed by atoms with van der Waals surface area (Å²) >= 11 is 4.67. The number of amides is 1. The van der Waals surface area contributed by atoms with Gasteiger partial charge < -0.3 is 9.32 Å². The molecule has 0 aliphatic rings. The minimum Gasteiger partial charge on any atom is -0.411 e. The average molecular weight is 460 g/mol. The number of hydrogen-bond acceptors (Lipinski definition) is 5. The van der Waals surface area contributed by atoms with Crippen LogP contribution in [0, 0.1) is 0 Å². The molecular formula is C21H22BrN3O2S. The molecule has 0 bridgehead atoms. The normalized spacial score (nSPS) is 11.4. The van der Waals surface area contributed by atoms with Crippen molar-refractivity contribution < 1.29 is 9.21 Å². The Bertz CT molecular complexity index is 921. The van der Waals surface area contributed by atoms with Gasteiger partial charge in [-0.1, -0.05) is 58.0 Å². The first-order valence-electron chi connectivity index (χ1n) is 8.89. The number of nitrogens with zero attached hydrogens (tertiary/aromatic N) is 3. The molecule has 0 N–H and O–H groups in total. The third-order valence-corrected chi connectivity index (χ3v) is 5.44. The zero-order valence-electron chi connectivity index (χ0n) is 16.1. The van der Waals surface area contributed by atoms with E-state index in [1.807, 2.05) is 80.3 Å². The highest BCUT2D eigenvalue weighted by Crippen LogP contribution is 2.26. The summed E-state index contributed by atoms with van der Waals surface area (Å²) in [7, 11) is 0. The fourth-order valence-corrected chi connectivity index (χ4v) is 3.55. The second-order valence-electron chi connectivity index (χ2n) is 7.30. The number of halogens is 1. The number of benzene rings is 2. The molecule has 28 heavy (non-hydrogen) atoms. The third-order valence-electron chi connectivity index (χ3n) is 4.11. The van der Waals surface area contributed by atoms with Crippen molar-refractivity contribution >= 4 is 33.6 Å². The van der Waals surface area contributed by atoms with E-state index in [0.717, 1.165) is 15.6 Å². The minimum atomic E-state index is -0.287. The lowest BCUT2D eigenvalue weighted by atomic mass is 10.0. The van der Waals surface area contributed by atoms with Crippen LogP contribution in [-0.2, 0) is 11.3 Å². The monoisotopic (exact) mass is 459 g/mol. The number of carbonyl (C=O) groups excluding carboxylic acids is 1. The molecule has 0 aliphatic carbocycles. The molecule has 1 amide bonds. The zero-order chi connectivity index (χ0) is 20.1. The molecule has 0 unspecified atom stereocenters. The van der Waals surface area contributed by atoms with E-state index in [4.69, 9.17) is 4.42 Å². The second kappa shape index (κ2) is 8.92. The first kappa shape index (κ1) is 20.6. The lowest BCUT2D eigenvalue weighted by Gasteiger charge is -2.35. The highest BCUT2D eigenvalue weighted by Gasteiger charge is 2.27. The van der Waals surface area contributed by atoms with Crippen molar-refractivity contribution in [3.8, 4) is 11.5 Å². The molecule has 7 heteroatoms. The van der Waals surface area contributed by atoms with Crippen LogP contribution < -0.4 is 0 Å². The summed E-state index contributed by atoms with van der Waals surface area (Å²) in [6, 6.07) is 17.6. The van der Waals surface area contributed by atoms with Crippen LogP contribution in [0.15, 0.2) is 68.7 Å². The summed E-state index contributed by atoms with van der Waals surface area (Å²) < 4.78 is 6.68. The van der Waals surface area contributed by atoms with Gasteiger partial charge in [-0.2, -0.15) is 0 Å². The molecule has 2 aromatic carbocycles. The molecule has 0 radical (unpaired) electrons. The summed E-state index contributed by atoms with van der Waals surface area (Å²) in [6.07, 6.45) is 0. The molecular weight excluding hydrogens is 438 g/mol.